The predicted molar refractivity (Wildman–Crippen MR) is 115 cm³/mol. The Balaban J connectivity index is 1.87. The van der Waals surface area contributed by atoms with E-state index in [1.165, 1.54) is 45.0 Å². The van der Waals surface area contributed by atoms with Gasteiger partial charge in [0.2, 0.25) is 20.0 Å². The van der Waals surface area contributed by atoms with Crippen LogP contribution in [0.3, 0.4) is 0 Å². The van der Waals surface area contributed by atoms with Crippen molar-refractivity contribution in [3.63, 3.8) is 0 Å². The average Bonchev–Trinajstić information content (AvgIpc) is 2.60. The maximum atomic E-state index is 13.0. The van der Waals surface area contributed by atoms with Gasteiger partial charge in [-0.2, -0.15) is 8.61 Å². The number of halogens is 4. The van der Waals surface area contributed by atoms with Crippen LogP contribution in [0.5, 0.6) is 0 Å². The first-order chi connectivity index (χ1) is 13.4. The minimum Gasteiger partial charge on any atom is -0.207 e. The molecule has 1 atom stereocenters. The van der Waals surface area contributed by atoms with Crippen LogP contribution < -0.4 is 0 Å². The molecule has 0 saturated carbocycles. The van der Waals surface area contributed by atoms with Gasteiger partial charge in [-0.15, -0.1) is 0 Å². The Kier molecular flexibility index (Phi) is 6.78. The van der Waals surface area contributed by atoms with Crippen LogP contribution in [0.25, 0.3) is 0 Å². The molecule has 29 heavy (non-hydrogen) atoms. The summed E-state index contributed by atoms with van der Waals surface area (Å²) in [5.74, 6) is 0. The van der Waals surface area contributed by atoms with E-state index in [1.807, 2.05) is 0 Å². The molecule has 1 aliphatic heterocycles. The standard InChI is InChI=1S/C17H16Cl4N2O4S2/c1-11-10-22(28(24,25)16-4-2-12(18)8-14(16)20)6-7-23(11)29(26,27)17-5-3-13(19)9-15(17)21/h2-5,8-9,11H,6-7,10H2,1H3/t11-/m0/s1. The Labute approximate surface area is 190 Å². The molecule has 0 amide bonds. The van der Waals surface area contributed by atoms with Crippen molar-refractivity contribution in [2.45, 2.75) is 22.8 Å². The maximum absolute atomic E-state index is 13.0. The summed E-state index contributed by atoms with van der Waals surface area (Å²) in [5.41, 5.74) is 0. The number of piperazine rings is 1. The van der Waals surface area contributed by atoms with Crippen molar-refractivity contribution in [3.8, 4) is 0 Å². The van der Waals surface area contributed by atoms with Crippen LogP contribution in [0.4, 0.5) is 0 Å². The van der Waals surface area contributed by atoms with Crippen LogP contribution in [-0.2, 0) is 20.0 Å². The number of hydrogen-bond donors (Lipinski definition) is 0. The molecule has 0 aromatic heterocycles. The third-order valence-electron chi connectivity index (χ3n) is 4.52. The number of hydrogen-bond acceptors (Lipinski definition) is 4. The van der Waals surface area contributed by atoms with E-state index in [9.17, 15) is 16.8 Å². The van der Waals surface area contributed by atoms with Gasteiger partial charge in [-0.1, -0.05) is 46.4 Å². The van der Waals surface area contributed by atoms with Crippen molar-refractivity contribution in [3.05, 3.63) is 56.5 Å². The zero-order chi connectivity index (χ0) is 21.6. The van der Waals surface area contributed by atoms with Crippen LogP contribution in [0.2, 0.25) is 20.1 Å². The first kappa shape index (κ1) is 23.1. The summed E-state index contributed by atoms with van der Waals surface area (Å²) in [7, 11) is -7.84. The number of nitrogens with zero attached hydrogens (tertiary/aromatic N) is 2. The molecular weight excluding hydrogens is 502 g/mol. The van der Waals surface area contributed by atoms with Crippen molar-refractivity contribution in [1.29, 1.82) is 0 Å². The summed E-state index contributed by atoms with van der Waals surface area (Å²) in [6.45, 7) is 1.53. The Morgan fingerprint density at radius 2 is 1.28 bits per heavy atom. The second kappa shape index (κ2) is 8.51. The fraction of sp³-hybridized carbons (Fsp3) is 0.294. The quantitative estimate of drug-likeness (QED) is 0.603. The van der Waals surface area contributed by atoms with Gasteiger partial charge in [0.1, 0.15) is 9.79 Å². The molecule has 2 aromatic rings. The first-order valence-corrected chi connectivity index (χ1v) is 12.8. The van der Waals surface area contributed by atoms with Gasteiger partial charge in [0.05, 0.1) is 10.0 Å². The van der Waals surface area contributed by atoms with Gasteiger partial charge in [-0.3, -0.25) is 0 Å². The maximum Gasteiger partial charge on any atom is 0.244 e. The molecule has 1 aliphatic rings. The molecule has 12 heteroatoms. The molecule has 1 heterocycles. The summed E-state index contributed by atoms with van der Waals surface area (Å²) in [4.78, 5) is -0.153. The van der Waals surface area contributed by atoms with Gasteiger partial charge in [-0.25, -0.2) is 16.8 Å². The molecule has 0 N–H and O–H groups in total. The minimum absolute atomic E-state index is 0.00713. The van der Waals surface area contributed by atoms with Crippen molar-refractivity contribution in [2.75, 3.05) is 19.6 Å². The second-order valence-corrected chi connectivity index (χ2v) is 11.9. The smallest absolute Gasteiger partial charge is 0.207 e. The Morgan fingerprint density at radius 1 is 0.793 bits per heavy atom. The van der Waals surface area contributed by atoms with Crippen LogP contribution in [0, 0.1) is 0 Å². The lowest BCUT2D eigenvalue weighted by atomic mass is 10.3. The van der Waals surface area contributed by atoms with Crippen molar-refractivity contribution >= 4 is 66.5 Å². The van der Waals surface area contributed by atoms with Gasteiger partial charge in [0.25, 0.3) is 0 Å². The zero-order valence-corrected chi connectivity index (χ0v) is 19.7. The fourth-order valence-electron chi connectivity index (χ4n) is 3.12. The van der Waals surface area contributed by atoms with E-state index in [4.69, 9.17) is 46.4 Å². The molecule has 3 rings (SSSR count). The highest BCUT2D eigenvalue weighted by atomic mass is 35.5. The molecule has 1 fully saturated rings. The molecule has 0 radical (unpaired) electrons. The largest absolute Gasteiger partial charge is 0.244 e. The Hall–Kier alpha value is -0.580. The number of benzene rings is 2. The minimum atomic E-state index is -3.93. The van der Waals surface area contributed by atoms with Gasteiger partial charge in [-0.05, 0) is 43.3 Å². The predicted octanol–water partition coefficient (Wildman–Crippen LogP) is 4.38. The summed E-state index contributed by atoms with van der Waals surface area (Å²) in [5, 5.41) is 0.650. The van der Waals surface area contributed by atoms with Gasteiger partial charge >= 0.3 is 0 Å². The summed E-state index contributed by atoms with van der Waals surface area (Å²) >= 11 is 23.8. The van der Waals surface area contributed by atoms with E-state index in [0.717, 1.165) is 0 Å². The van der Waals surface area contributed by atoms with Gasteiger partial charge in [0.15, 0.2) is 0 Å². The number of rotatable bonds is 4. The van der Waals surface area contributed by atoms with E-state index in [1.54, 1.807) is 6.92 Å². The topological polar surface area (TPSA) is 74.8 Å². The second-order valence-electron chi connectivity index (χ2n) is 6.48. The molecule has 0 spiro atoms. The third-order valence-corrected chi connectivity index (χ3v) is 9.84. The highest BCUT2D eigenvalue weighted by molar-refractivity contribution is 7.89. The molecule has 0 unspecified atom stereocenters. The lowest BCUT2D eigenvalue weighted by molar-refractivity contribution is 0.212. The molecular formula is C17H16Cl4N2O4S2. The summed E-state index contributed by atoms with van der Waals surface area (Å²) in [6, 6.07) is 7.62. The first-order valence-electron chi connectivity index (χ1n) is 8.36. The fourth-order valence-corrected chi connectivity index (χ4v) is 7.74. The van der Waals surface area contributed by atoms with Crippen molar-refractivity contribution < 1.29 is 16.8 Å². The Bertz CT molecular complexity index is 1160. The molecule has 1 saturated heterocycles. The number of sulfonamides is 2. The van der Waals surface area contributed by atoms with E-state index < -0.39 is 26.1 Å². The molecule has 6 nitrogen and oxygen atoms in total. The van der Waals surface area contributed by atoms with Crippen molar-refractivity contribution in [1.82, 2.24) is 8.61 Å². The van der Waals surface area contributed by atoms with E-state index >= 15 is 0 Å². The third kappa shape index (κ3) is 4.55. The normalized spacial score (nSPS) is 19.4. The average molecular weight is 518 g/mol. The molecule has 158 valence electrons. The summed E-state index contributed by atoms with van der Waals surface area (Å²) in [6.07, 6.45) is 0. The highest BCUT2D eigenvalue weighted by Gasteiger charge is 2.39. The van der Waals surface area contributed by atoms with Crippen LogP contribution in [-0.4, -0.2) is 51.1 Å². The van der Waals surface area contributed by atoms with E-state index in [-0.39, 0.29) is 39.5 Å². The van der Waals surface area contributed by atoms with Gasteiger partial charge in [0, 0.05) is 35.7 Å². The van der Waals surface area contributed by atoms with Crippen molar-refractivity contribution in [2.24, 2.45) is 0 Å². The lowest BCUT2D eigenvalue weighted by Crippen LogP contribution is -2.55. The zero-order valence-electron chi connectivity index (χ0n) is 15.0. The highest BCUT2D eigenvalue weighted by Crippen LogP contribution is 2.32. The van der Waals surface area contributed by atoms with Crippen LogP contribution in [0.1, 0.15) is 6.92 Å². The van der Waals surface area contributed by atoms with Crippen LogP contribution >= 0.6 is 46.4 Å². The van der Waals surface area contributed by atoms with E-state index in [2.05, 4.69) is 0 Å². The molecule has 0 bridgehead atoms. The van der Waals surface area contributed by atoms with Gasteiger partial charge < -0.3 is 0 Å². The lowest BCUT2D eigenvalue weighted by Gasteiger charge is -2.38. The van der Waals surface area contributed by atoms with Crippen LogP contribution in [0.15, 0.2) is 46.2 Å². The Morgan fingerprint density at radius 3 is 1.72 bits per heavy atom. The SMILES string of the molecule is C[C@H]1CN(S(=O)(=O)c2ccc(Cl)cc2Cl)CCN1S(=O)(=O)c1ccc(Cl)cc1Cl. The van der Waals surface area contributed by atoms with E-state index in [0.29, 0.717) is 10.0 Å². The monoisotopic (exact) mass is 516 g/mol. The molecule has 2 aromatic carbocycles. The summed E-state index contributed by atoms with van der Waals surface area (Å²) < 4.78 is 54.5. The molecule has 0 aliphatic carbocycles.